The van der Waals surface area contributed by atoms with Gasteiger partial charge in [-0.3, -0.25) is 14.2 Å². The Labute approximate surface area is 126 Å². The predicted octanol–water partition coefficient (Wildman–Crippen LogP) is 1.36. The number of aryl methyl sites for hydroxylation is 1. The number of carbonyl (C=O) groups excluding carboxylic acids is 1. The number of amides is 1. The first-order valence-corrected chi connectivity index (χ1v) is 6.50. The van der Waals surface area contributed by atoms with Gasteiger partial charge in [-0.1, -0.05) is 17.7 Å². The summed E-state index contributed by atoms with van der Waals surface area (Å²) in [6.45, 7) is 2.14. The number of methoxy groups -OCH3 is 1. The lowest BCUT2D eigenvalue weighted by molar-refractivity contribution is 0.1000. The zero-order valence-corrected chi connectivity index (χ0v) is 12.3. The third kappa shape index (κ3) is 3.05. The molecule has 6 nitrogen and oxygen atoms in total. The molecule has 0 unspecified atom stereocenters. The van der Waals surface area contributed by atoms with Crippen molar-refractivity contribution in [2.24, 2.45) is 5.73 Å². The van der Waals surface area contributed by atoms with E-state index in [1.54, 1.807) is 18.2 Å². The van der Waals surface area contributed by atoms with Gasteiger partial charge in [0.1, 0.15) is 0 Å². The van der Waals surface area contributed by atoms with E-state index in [-0.39, 0.29) is 16.5 Å². The molecule has 0 aliphatic heterocycles. The van der Waals surface area contributed by atoms with Crippen LogP contribution in [0.4, 0.5) is 0 Å². The third-order valence-corrected chi connectivity index (χ3v) is 3.39. The summed E-state index contributed by atoms with van der Waals surface area (Å²) in [5.74, 6) is -0.484. The summed E-state index contributed by atoms with van der Waals surface area (Å²) in [6, 6.07) is 5.06. The van der Waals surface area contributed by atoms with Crippen molar-refractivity contribution < 1.29 is 9.53 Å². The number of carbonyl (C=O) groups is 1. The van der Waals surface area contributed by atoms with Crippen LogP contribution in [0.5, 0.6) is 5.75 Å². The van der Waals surface area contributed by atoms with Crippen molar-refractivity contribution >= 4 is 17.5 Å². The lowest BCUT2D eigenvalue weighted by atomic mass is 10.0. The van der Waals surface area contributed by atoms with Crippen LogP contribution >= 0.6 is 11.6 Å². The maximum absolute atomic E-state index is 12.2. The number of rotatable bonds is 4. The number of halogens is 1. The predicted molar refractivity (Wildman–Crippen MR) is 78.9 cm³/mol. The minimum Gasteiger partial charge on any atom is -0.489 e. The first-order chi connectivity index (χ1) is 9.93. The fourth-order valence-electron chi connectivity index (χ4n) is 1.94. The second-order valence-corrected chi connectivity index (χ2v) is 4.87. The molecule has 0 aliphatic rings. The Bertz CT molecular complexity index is 756. The highest BCUT2D eigenvalue weighted by molar-refractivity contribution is 6.30. The van der Waals surface area contributed by atoms with E-state index in [0.717, 1.165) is 11.1 Å². The summed E-state index contributed by atoms with van der Waals surface area (Å²) in [6.07, 6.45) is 1.36. The number of aromatic nitrogens is 2. The highest BCUT2D eigenvalue weighted by Crippen LogP contribution is 2.16. The molecule has 0 bridgehead atoms. The summed E-state index contributed by atoms with van der Waals surface area (Å²) in [4.78, 5) is 27.2. The molecular formula is C14H14ClN3O3. The number of primary amides is 1. The van der Waals surface area contributed by atoms with Crippen molar-refractivity contribution in [3.05, 3.63) is 56.7 Å². The first-order valence-electron chi connectivity index (χ1n) is 6.12. The van der Waals surface area contributed by atoms with Crippen LogP contribution in [0.25, 0.3) is 0 Å². The van der Waals surface area contributed by atoms with Gasteiger partial charge in [0, 0.05) is 5.56 Å². The molecule has 2 aromatic rings. The van der Waals surface area contributed by atoms with Gasteiger partial charge in [0.05, 0.1) is 20.0 Å². The highest BCUT2D eigenvalue weighted by atomic mass is 35.5. The molecule has 0 saturated carbocycles. The Kier molecular flexibility index (Phi) is 4.28. The van der Waals surface area contributed by atoms with E-state index < -0.39 is 5.91 Å². The van der Waals surface area contributed by atoms with Crippen LogP contribution in [0.3, 0.4) is 0 Å². The molecule has 1 aromatic heterocycles. The van der Waals surface area contributed by atoms with Gasteiger partial charge in [-0.2, -0.15) is 0 Å². The van der Waals surface area contributed by atoms with Gasteiger partial charge >= 0.3 is 0 Å². The maximum atomic E-state index is 12.2. The minimum absolute atomic E-state index is 0.00516. The van der Waals surface area contributed by atoms with Crippen LogP contribution < -0.4 is 16.0 Å². The Hall–Kier alpha value is -2.34. The van der Waals surface area contributed by atoms with E-state index in [0.29, 0.717) is 12.1 Å². The van der Waals surface area contributed by atoms with Crippen molar-refractivity contribution in [3.8, 4) is 5.75 Å². The smallest absolute Gasteiger partial charge is 0.297 e. The van der Waals surface area contributed by atoms with E-state index in [1.807, 2.05) is 6.92 Å². The van der Waals surface area contributed by atoms with Crippen molar-refractivity contribution in [3.63, 3.8) is 0 Å². The zero-order chi connectivity index (χ0) is 15.6. The molecule has 0 radical (unpaired) electrons. The van der Waals surface area contributed by atoms with Crippen LogP contribution in [0.1, 0.15) is 21.5 Å². The largest absolute Gasteiger partial charge is 0.489 e. The van der Waals surface area contributed by atoms with Crippen LogP contribution in [-0.4, -0.2) is 22.6 Å². The van der Waals surface area contributed by atoms with E-state index in [1.165, 1.54) is 18.0 Å². The number of hydrogen-bond donors (Lipinski definition) is 1. The van der Waals surface area contributed by atoms with Crippen LogP contribution in [0, 0.1) is 6.92 Å². The van der Waals surface area contributed by atoms with E-state index in [9.17, 15) is 9.59 Å². The average molecular weight is 308 g/mol. The van der Waals surface area contributed by atoms with E-state index >= 15 is 0 Å². The molecule has 7 heteroatoms. The lowest BCUT2D eigenvalue weighted by Crippen LogP contribution is -2.23. The first kappa shape index (κ1) is 15.1. The number of benzene rings is 1. The monoisotopic (exact) mass is 307 g/mol. The molecule has 2 N–H and O–H groups in total. The SMILES string of the molecule is COc1c(Cl)ncn(Cc2ccc(C(N)=O)cc2C)c1=O. The molecule has 0 spiro atoms. The normalized spacial score (nSPS) is 10.4. The summed E-state index contributed by atoms with van der Waals surface area (Å²) in [5.41, 5.74) is 7.01. The second-order valence-electron chi connectivity index (χ2n) is 4.51. The van der Waals surface area contributed by atoms with Crippen LogP contribution in [-0.2, 0) is 6.54 Å². The van der Waals surface area contributed by atoms with Crippen molar-refractivity contribution in [2.45, 2.75) is 13.5 Å². The molecule has 0 aliphatic carbocycles. The fraction of sp³-hybridized carbons (Fsp3) is 0.214. The summed E-state index contributed by atoms with van der Waals surface area (Å²) < 4.78 is 6.33. The molecular weight excluding hydrogens is 294 g/mol. The summed E-state index contributed by atoms with van der Waals surface area (Å²) in [5, 5.41) is 0.0274. The fourth-order valence-corrected chi connectivity index (χ4v) is 2.15. The number of nitrogens with zero attached hydrogens (tertiary/aromatic N) is 2. The van der Waals surface area contributed by atoms with Crippen molar-refractivity contribution in [1.82, 2.24) is 9.55 Å². The van der Waals surface area contributed by atoms with Gasteiger partial charge in [0.25, 0.3) is 5.56 Å². The topological polar surface area (TPSA) is 87.2 Å². The zero-order valence-electron chi connectivity index (χ0n) is 11.6. The quantitative estimate of drug-likeness (QED) is 0.864. The Morgan fingerprint density at radius 3 is 2.76 bits per heavy atom. The van der Waals surface area contributed by atoms with Crippen molar-refractivity contribution in [1.29, 1.82) is 0 Å². The van der Waals surface area contributed by atoms with Gasteiger partial charge < -0.3 is 10.5 Å². The number of hydrogen-bond acceptors (Lipinski definition) is 4. The summed E-state index contributed by atoms with van der Waals surface area (Å²) >= 11 is 5.79. The molecule has 0 saturated heterocycles. The average Bonchev–Trinajstić information content (AvgIpc) is 2.44. The van der Waals surface area contributed by atoms with Crippen molar-refractivity contribution in [2.75, 3.05) is 7.11 Å². The Balaban J connectivity index is 2.39. The molecule has 1 aromatic carbocycles. The maximum Gasteiger partial charge on any atom is 0.297 e. The van der Waals surface area contributed by atoms with Gasteiger partial charge in [-0.25, -0.2) is 4.98 Å². The number of ether oxygens (including phenoxy) is 1. The van der Waals surface area contributed by atoms with Crippen LogP contribution in [0.2, 0.25) is 5.15 Å². The molecule has 110 valence electrons. The molecule has 2 rings (SSSR count). The Morgan fingerprint density at radius 2 is 2.19 bits per heavy atom. The number of nitrogens with two attached hydrogens (primary N) is 1. The highest BCUT2D eigenvalue weighted by Gasteiger charge is 2.12. The summed E-state index contributed by atoms with van der Waals surface area (Å²) in [7, 11) is 1.36. The van der Waals surface area contributed by atoms with Gasteiger partial charge in [-0.05, 0) is 30.2 Å². The molecule has 1 heterocycles. The second kappa shape index (κ2) is 5.97. The van der Waals surface area contributed by atoms with E-state index in [2.05, 4.69) is 4.98 Å². The lowest BCUT2D eigenvalue weighted by Gasteiger charge is -2.11. The molecule has 21 heavy (non-hydrogen) atoms. The van der Waals surface area contributed by atoms with Gasteiger partial charge in [0.2, 0.25) is 11.7 Å². The molecule has 1 amide bonds. The minimum atomic E-state index is -0.489. The Morgan fingerprint density at radius 1 is 1.48 bits per heavy atom. The standard InChI is InChI=1S/C14H14ClN3O3/c1-8-5-9(13(16)19)3-4-10(8)6-18-7-17-12(15)11(21-2)14(18)20/h3-5,7H,6H2,1-2H3,(H2,16,19). The molecule has 0 atom stereocenters. The van der Waals surface area contributed by atoms with Gasteiger partial charge in [-0.15, -0.1) is 0 Å². The van der Waals surface area contributed by atoms with Gasteiger partial charge in [0.15, 0.2) is 5.15 Å². The third-order valence-electron chi connectivity index (χ3n) is 3.12. The molecule has 0 fully saturated rings. The van der Waals surface area contributed by atoms with Crippen LogP contribution in [0.15, 0.2) is 29.3 Å². The van der Waals surface area contributed by atoms with E-state index in [4.69, 9.17) is 22.1 Å².